The molecule has 0 heterocycles. The summed E-state index contributed by atoms with van der Waals surface area (Å²) in [6, 6.07) is 3.46. The van der Waals surface area contributed by atoms with E-state index in [1.54, 1.807) is 12.1 Å². The Bertz CT molecular complexity index is 414. The second-order valence-corrected chi connectivity index (χ2v) is 4.86. The Balaban J connectivity index is 2.90. The predicted molar refractivity (Wildman–Crippen MR) is 78.6 cm³/mol. The summed E-state index contributed by atoms with van der Waals surface area (Å²) in [4.78, 5) is 0. The van der Waals surface area contributed by atoms with Gasteiger partial charge in [-0.3, -0.25) is 0 Å². The minimum atomic E-state index is -0.924. The number of hydrogen-bond donors (Lipinski definition) is 3. The Hall–Kier alpha value is -1.01. The van der Waals surface area contributed by atoms with Gasteiger partial charge in [0.05, 0.1) is 13.7 Å². The van der Waals surface area contributed by atoms with Crippen molar-refractivity contribution in [2.24, 2.45) is 0 Å². The highest BCUT2D eigenvalue weighted by Crippen LogP contribution is 2.34. The van der Waals surface area contributed by atoms with E-state index in [9.17, 15) is 5.11 Å². The zero-order valence-electron chi connectivity index (χ0n) is 11.9. The van der Waals surface area contributed by atoms with Crippen molar-refractivity contribution in [1.82, 2.24) is 5.32 Å². The average molecular weight is 304 g/mol. The van der Waals surface area contributed by atoms with Crippen LogP contribution in [0, 0.1) is 0 Å². The monoisotopic (exact) mass is 303 g/mol. The number of nitrogens with one attached hydrogen (secondary N) is 1. The molecule has 0 amide bonds. The van der Waals surface area contributed by atoms with Gasteiger partial charge < -0.3 is 25.0 Å². The van der Waals surface area contributed by atoms with E-state index in [1.807, 2.05) is 0 Å². The van der Waals surface area contributed by atoms with Crippen molar-refractivity contribution in [1.29, 1.82) is 0 Å². The van der Waals surface area contributed by atoms with Gasteiger partial charge in [-0.1, -0.05) is 18.5 Å². The van der Waals surface area contributed by atoms with Crippen molar-refractivity contribution >= 4 is 11.6 Å². The molecule has 1 aromatic rings. The molecule has 3 N–H and O–H groups in total. The lowest BCUT2D eigenvalue weighted by Gasteiger charge is -2.17. The number of hydrogen-bond acceptors (Lipinski definition) is 5. The third-order valence-corrected chi connectivity index (χ3v) is 2.91. The van der Waals surface area contributed by atoms with Gasteiger partial charge >= 0.3 is 0 Å². The van der Waals surface area contributed by atoms with Crippen LogP contribution in [0.1, 0.15) is 18.9 Å². The third-order valence-electron chi connectivity index (χ3n) is 2.69. The van der Waals surface area contributed by atoms with Crippen molar-refractivity contribution < 1.29 is 19.7 Å². The van der Waals surface area contributed by atoms with E-state index in [2.05, 4.69) is 12.2 Å². The summed E-state index contributed by atoms with van der Waals surface area (Å²) < 4.78 is 10.8. The van der Waals surface area contributed by atoms with E-state index in [1.165, 1.54) is 7.11 Å². The first kappa shape index (κ1) is 17.0. The number of benzene rings is 1. The van der Waals surface area contributed by atoms with Gasteiger partial charge in [-0.05, 0) is 19.0 Å². The summed E-state index contributed by atoms with van der Waals surface area (Å²) in [6.07, 6.45) is 0.101. The van der Waals surface area contributed by atoms with Gasteiger partial charge in [0.1, 0.15) is 12.7 Å². The van der Waals surface area contributed by atoms with Crippen molar-refractivity contribution in [3.05, 3.63) is 22.7 Å². The Morgan fingerprint density at radius 2 is 2.15 bits per heavy atom. The molecule has 0 spiro atoms. The lowest BCUT2D eigenvalue weighted by atomic mass is 10.1. The van der Waals surface area contributed by atoms with E-state index in [-0.39, 0.29) is 13.2 Å². The first-order chi connectivity index (χ1) is 9.62. The summed E-state index contributed by atoms with van der Waals surface area (Å²) in [5.41, 5.74) is 0.855. The van der Waals surface area contributed by atoms with Crippen molar-refractivity contribution in [3.8, 4) is 11.5 Å². The maximum absolute atomic E-state index is 9.38. The van der Waals surface area contributed by atoms with Crippen LogP contribution < -0.4 is 14.8 Å². The van der Waals surface area contributed by atoms with Crippen LogP contribution in [0.15, 0.2) is 12.1 Å². The molecule has 1 rings (SSSR count). The molecule has 5 nitrogen and oxygen atoms in total. The maximum Gasteiger partial charge on any atom is 0.165 e. The fourth-order valence-electron chi connectivity index (χ4n) is 1.70. The van der Waals surface area contributed by atoms with Crippen LogP contribution in [0.5, 0.6) is 11.5 Å². The van der Waals surface area contributed by atoms with E-state index in [0.717, 1.165) is 18.5 Å². The molecule has 0 aliphatic rings. The fourth-order valence-corrected chi connectivity index (χ4v) is 1.93. The molecule has 1 aromatic carbocycles. The largest absolute Gasteiger partial charge is 0.493 e. The molecular weight excluding hydrogens is 282 g/mol. The molecule has 20 heavy (non-hydrogen) atoms. The van der Waals surface area contributed by atoms with Gasteiger partial charge in [-0.25, -0.2) is 0 Å². The molecule has 0 radical (unpaired) electrons. The second kappa shape index (κ2) is 9.02. The van der Waals surface area contributed by atoms with Gasteiger partial charge in [-0.2, -0.15) is 0 Å². The molecule has 0 aliphatic heterocycles. The maximum atomic E-state index is 9.38. The highest BCUT2D eigenvalue weighted by Gasteiger charge is 2.14. The molecule has 6 heteroatoms. The molecule has 0 aliphatic carbocycles. The Kier molecular flexibility index (Phi) is 7.69. The van der Waals surface area contributed by atoms with Crippen LogP contribution in [0.2, 0.25) is 5.02 Å². The minimum absolute atomic E-state index is 0.00469. The van der Waals surface area contributed by atoms with Crippen molar-refractivity contribution in [3.63, 3.8) is 0 Å². The quantitative estimate of drug-likeness (QED) is 0.604. The van der Waals surface area contributed by atoms with Crippen LogP contribution in [-0.4, -0.2) is 43.2 Å². The summed E-state index contributed by atoms with van der Waals surface area (Å²) in [5, 5.41) is 22.0. The molecule has 0 saturated carbocycles. The SMILES string of the molecule is CCCNCc1cc(Cl)cc(OC)c1OCC(O)CO. The van der Waals surface area contributed by atoms with E-state index in [4.69, 9.17) is 26.2 Å². The Morgan fingerprint density at radius 1 is 1.40 bits per heavy atom. The van der Waals surface area contributed by atoms with Crippen molar-refractivity contribution in [2.75, 3.05) is 26.9 Å². The lowest BCUT2D eigenvalue weighted by molar-refractivity contribution is 0.0523. The van der Waals surface area contributed by atoms with Crippen LogP contribution in [0.4, 0.5) is 0 Å². The molecule has 0 bridgehead atoms. The van der Waals surface area contributed by atoms with Crippen LogP contribution >= 0.6 is 11.6 Å². The molecule has 1 unspecified atom stereocenters. The standard InChI is InChI=1S/C14H22ClNO4/c1-3-4-16-7-10-5-11(15)6-13(19-2)14(10)20-9-12(18)8-17/h5-6,12,16-18H,3-4,7-9H2,1-2H3. The summed E-state index contributed by atoms with van der Waals surface area (Å²) in [5.74, 6) is 1.05. The highest BCUT2D eigenvalue weighted by molar-refractivity contribution is 6.30. The predicted octanol–water partition coefficient (Wildman–Crippen LogP) is 1.58. The number of ether oxygens (including phenoxy) is 2. The number of aliphatic hydroxyl groups excluding tert-OH is 2. The number of rotatable bonds is 9. The van der Waals surface area contributed by atoms with E-state index in [0.29, 0.717) is 23.1 Å². The number of methoxy groups -OCH3 is 1. The van der Waals surface area contributed by atoms with Gasteiger partial charge in [0, 0.05) is 23.2 Å². The molecule has 1 atom stereocenters. The molecule has 0 saturated heterocycles. The van der Waals surface area contributed by atoms with Gasteiger partial charge in [0.2, 0.25) is 0 Å². The fraction of sp³-hybridized carbons (Fsp3) is 0.571. The summed E-state index contributed by atoms with van der Waals surface area (Å²) in [6.45, 7) is 3.21. The highest BCUT2D eigenvalue weighted by atomic mass is 35.5. The van der Waals surface area contributed by atoms with Crippen LogP contribution in [-0.2, 0) is 6.54 Å². The third kappa shape index (κ3) is 5.17. The topological polar surface area (TPSA) is 71.0 Å². The van der Waals surface area contributed by atoms with Crippen LogP contribution in [0.25, 0.3) is 0 Å². The lowest BCUT2D eigenvalue weighted by Crippen LogP contribution is -2.22. The number of halogens is 1. The zero-order valence-corrected chi connectivity index (χ0v) is 12.6. The molecule has 0 aromatic heterocycles. The van der Waals surface area contributed by atoms with Gasteiger partial charge in [-0.15, -0.1) is 0 Å². The second-order valence-electron chi connectivity index (χ2n) is 4.42. The average Bonchev–Trinajstić information content (AvgIpc) is 2.45. The molecular formula is C14H22ClNO4. The zero-order chi connectivity index (χ0) is 15.0. The van der Waals surface area contributed by atoms with E-state index >= 15 is 0 Å². The van der Waals surface area contributed by atoms with E-state index < -0.39 is 6.10 Å². The number of aliphatic hydroxyl groups is 2. The first-order valence-corrected chi connectivity index (χ1v) is 6.99. The summed E-state index contributed by atoms with van der Waals surface area (Å²) in [7, 11) is 1.53. The Morgan fingerprint density at radius 3 is 2.75 bits per heavy atom. The minimum Gasteiger partial charge on any atom is -0.493 e. The molecule has 0 fully saturated rings. The van der Waals surface area contributed by atoms with Crippen LogP contribution in [0.3, 0.4) is 0 Å². The van der Waals surface area contributed by atoms with Crippen molar-refractivity contribution in [2.45, 2.75) is 26.0 Å². The molecule has 114 valence electrons. The summed E-state index contributed by atoms with van der Waals surface area (Å²) >= 11 is 6.05. The smallest absolute Gasteiger partial charge is 0.165 e. The first-order valence-electron chi connectivity index (χ1n) is 6.61. The normalized spacial score (nSPS) is 12.2. The Labute approximate surface area is 124 Å². The van der Waals surface area contributed by atoms with Gasteiger partial charge in [0.25, 0.3) is 0 Å². The van der Waals surface area contributed by atoms with Gasteiger partial charge in [0.15, 0.2) is 11.5 Å².